The fourth-order valence-electron chi connectivity index (χ4n) is 3.31. The van der Waals surface area contributed by atoms with E-state index in [1.165, 1.54) is 24.4 Å². The van der Waals surface area contributed by atoms with Gasteiger partial charge in [0.2, 0.25) is 0 Å². The maximum atomic E-state index is 14.1. The van der Waals surface area contributed by atoms with Crippen LogP contribution in [0.4, 0.5) is 29.1 Å². The number of rotatable bonds is 6. The molecule has 0 radical (unpaired) electrons. The van der Waals surface area contributed by atoms with Crippen LogP contribution in [0, 0.1) is 5.82 Å². The quantitative estimate of drug-likeness (QED) is 0.420. The number of nitrogens with zero attached hydrogens (tertiary/aromatic N) is 5. The first-order valence-corrected chi connectivity index (χ1v) is 10.6. The van der Waals surface area contributed by atoms with Gasteiger partial charge in [0.25, 0.3) is 5.91 Å². The Hall–Kier alpha value is -3.93. The molecule has 2 aromatic heterocycles. The Morgan fingerprint density at radius 2 is 1.91 bits per heavy atom. The van der Waals surface area contributed by atoms with E-state index in [-0.39, 0.29) is 23.7 Å². The molecule has 12 heteroatoms. The average molecular weight is 488 g/mol. The third-order valence-electron chi connectivity index (χ3n) is 4.99. The standard InChI is InChI=1S/C23H20F4N6O2/c24-18-13-29-20(32-21(18)33-7-9-35-10-8-33)14-28-12-17-5-2-6-19(30-17)22(34)31-16-4-1-3-15(11-16)23(25,26)27/h1-6,11-13H,7-10,14H2,(H,31,34). The van der Waals surface area contributed by atoms with Gasteiger partial charge in [0.15, 0.2) is 17.5 Å². The van der Waals surface area contributed by atoms with Crippen LogP contribution in [0.3, 0.4) is 0 Å². The lowest BCUT2D eigenvalue weighted by Crippen LogP contribution is -2.37. The van der Waals surface area contributed by atoms with Crippen molar-refractivity contribution in [3.8, 4) is 0 Å². The largest absolute Gasteiger partial charge is 0.416 e. The topological polar surface area (TPSA) is 92.6 Å². The van der Waals surface area contributed by atoms with E-state index >= 15 is 0 Å². The lowest BCUT2D eigenvalue weighted by atomic mass is 10.2. The Balaban J connectivity index is 1.41. The second kappa shape index (κ2) is 10.6. The van der Waals surface area contributed by atoms with Crippen LogP contribution < -0.4 is 10.2 Å². The fraction of sp³-hybridized carbons (Fsp3) is 0.261. The second-order valence-corrected chi connectivity index (χ2v) is 7.51. The number of carbonyl (C=O) groups is 1. The molecular weight excluding hydrogens is 468 g/mol. The molecule has 1 aliphatic rings. The van der Waals surface area contributed by atoms with Crippen LogP contribution in [-0.4, -0.2) is 53.4 Å². The number of morpholine rings is 1. The Kier molecular flexibility index (Phi) is 7.30. The number of carbonyl (C=O) groups excluding carboxylic acids is 1. The van der Waals surface area contributed by atoms with Gasteiger partial charge in [-0.15, -0.1) is 0 Å². The smallest absolute Gasteiger partial charge is 0.378 e. The van der Waals surface area contributed by atoms with Gasteiger partial charge in [0.05, 0.1) is 37.2 Å². The number of amides is 1. The van der Waals surface area contributed by atoms with Gasteiger partial charge >= 0.3 is 6.18 Å². The van der Waals surface area contributed by atoms with Crippen molar-refractivity contribution < 1.29 is 27.1 Å². The van der Waals surface area contributed by atoms with Crippen molar-refractivity contribution in [1.29, 1.82) is 0 Å². The van der Waals surface area contributed by atoms with Crippen molar-refractivity contribution in [2.75, 3.05) is 36.5 Å². The number of pyridine rings is 1. The molecular formula is C23H20F4N6O2. The highest BCUT2D eigenvalue weighted by Gasteiger charge is 2.30. The molecule has 1 aliphatic heterocycles. The molecule has 1 amide bonds. The van der Waals surface area contributed by atoms with E-state index in [2.05, 4.69) is 25.3 Å². The number of halogens is 4. The maximum absolute atomic E-state index is 14.1. The zero-order valence-electron chi connectivity index (χ0n) is 18.3. The molecule has 4 rings (SSSR count). The summed E-state index contributed by atoms with van der Waals surface area (Å²) in [6, 6.07) is 8.92. The monoisotopic (exact) mass is 488 g/mol. The Morgan fingerprint density at radius 1 is 1.14 bits per heavy atom. The average Bonchev–Trinajstić information content (AvgIpc) is 2.85. The van der Waals surface area contributed by atoms with Gasteiger partial charge in [-0.3, -0.25) is 9.79 Å². The van der Waals surface area contributed by atoms with Crippen LogP contribution in [0.25, 0.3) is 0 Å². The van der Waals surface area contributed by atoms with Crippen LogP contribution in [0.2, 0.25) is 0 Å². The second-order valence-electron chi connectivity index (χ2n) is 7.51. The number of alkyl halides is 3. The van der Waals surface area contributed by atoms with Gasteiger partial charge in [0.1, 0.15) is 5.69 Å². The third-order valence-corrected chi connectivity index (χ3v) is 4.99. The molecule has 0 spiro atoms. The summed E-state index contributed by atoms with van der Waals surface area (Å²) in [5, 5.41) is 2.41. The SMILES string of the molecule is O=C(Nc1cccc(C(F)(F)F)c1)c1cccc(C=NCc2ncc(F)c(N3CCOCC3)n2)n1. The van der Waals surface area contributed by atoms with Crippen molar-refractivity contribution in [3.05, 3.63) is 77.3 Å². The number of hydrogen-bond acceptors (Lipinski definition) is 7. The molecule has 1 N–H and O–H groups in total. The number of aromatic nitrogens is 3. The van der Waals surface area contributed by atoms with Crippen molar-refractivity contribution in [2.24, 2.45) is 4.99 Å². The normalized spacial score (nSPS) is 14.3. The van der Waals surface area contributed by atoms with Crippen molar-refractivity contribution in [3.63, 3.8) is 0 Å². The van der Waals surface area contributed by atoms with Gasteiger partial charge in [0, 0.05) is 25.0 Å². The molecule has 35 heavy (non-hydrogen) atoms. The van der Waals surface area contributed by atoms with E-state index in [0.717, 1.165) is 18.3 Å². The Bertz CT molecular complexity index is 1230. The Labute approximate surface area is 197 Å². The van der Waals surface area contributed by atoms with Crippen LogP contribution in [0.15, 0.2) is 53.7 Å². The summed E-state index contributed by atoms with van der Waals surface area (Å²) in [6.07, 6.45) is -2.02. The van der Waals surface area contributed by atoms with E-state index in [9.17, 15) is 22.4 Å². The minimum atomic E-state index is -4.52. The molecule has 0 saturated carbocycles. The highest BCUT2D eigenvalue weighted by atomic mass is 19.4. The van der Waals surface area contributed by atoms with Crippen molar-refractivity contribution >= 4 is 23.6 Å². The summed E-state index contributed by atoms with van der Waals surface area (Å²) in [4.78, 5) is 30.8. The van der Waals surface area contributed by atoms with Crippen molar-refractivity contribution in [1.82, 2.24) is 15.0 Å². The summed E-state index contributed by atoms with van der Waals surface area (Å²) in [5.41, 5.74) is -0.532. The van der Waals surface area contributed by atoms with Gasteiger partial charge < -0.3 is 15.0 Å². The zero-order chi connectivity index (χ0) is 24.8. The van der Waals surface area contributed by atoms with Gasteiger partial charge in [-0.25, -0.2) is 19.3 Å². The minimum absolute atomic E-state index is 0.000928. The van der Waals surface area contributed by atoms with E-state index < -0.39 is 23.5 Å². The summed E-state index contributed by atoms with van der Waals surface area (Å²) >= 11 is 0. The third kappa shape index (κ3) is 6.35. The molecule has 1 aromatic carbocycles. The van der Waals surface area contributed by atoms with Crippen LogP contribution in [-0.2, 0) is 17.5 Å². The number of ether oxygens (including phenoxy) is 1. The predicted molar refractivity (Wildman–Crippen MR) is 120 cm³/mol. The number of anilines is 2. The maximum Gasteiger partial charge on any atom is 0.416 e. The van der Waals surface area contributed by atoms with E-state index in [1.807, 2.05) is 0 Å². The fourth-order valence-corrected chi connectivity index (χ4v) is 3.31. The summed E-state index contributed by atoms with van der Waals surface area (Å²) in [5.74, 6) is -0.695. The predicted octanol–water partition coefficient (Wildman–Crippen LogP) is 3.74. The molecule has 0 aliphatic carbocycles. The highest BCUT2D eigenvalue weighted by Crippen LogP contribution is 2.30. The molecule has 1 saturated heterocycles. The first kappa shape index (κ1) is 24.2. The van der Waals surface area contributed by atoms with Crippen LogP contribution >= 0.6 is 0 Å². The zero-order valence-corrected chi connectivity index (χ0v) is 18.3. The minimum Gasteiger partial charge on any atom is -0.378 e. The first-order chi connectivity index (χ1) is 16.8. The van der Waals surface area contributed by atoms with Gasteiger partial charge in [-0.05, 0) is 30.3 Å². The van der Waals surface area contributed by atoms with Crippen LogP contribution in [0.1, 0.15) is 27.6 Å². The van der Waals surface area contributed by atoms with E-state index in [1.54, 1.807) is 17.0 Å². The van der Waals surface area contributed by atoms with Crippen molar-refractivity contribution in [2.45, 2.75) is 12.7 Å². The molecule has 3 heterocycles. The molecule has 3 aromatic rings. The summed E-state index contributed by atoms with van der Waals surface area (Å²) < 4.78 is 58.1. The number of aliphatic imine (C=N–C) groups is 1. The first-order valence-electron chi connectivity index (χ1n) is 10.6. The lowest BCUT2D eigenvalue weighted by Gasteiger charge is -2.28. The van der Waals surface area contributed by atoms with Gasteiger partial charge in [-0.2, -0.15) is 13.2 Å². The highest BCUT2D eigenvalue weighted by molar-refractivity contribution is 6.03. The number of benzene rings is 1. The van der Waals surface area contributed by atoms with Gasteiger partial charge in [-0.1, -0.05) is 12.1 Å². The summed E-state index contributed by atoms with van der Waals surface area (Å²) in [7, 11) is 0. The molecule has 0 atom stereocenters. The van der Waals surface area contributed by atoms with E-state index in [4.69, 9.17) is 4.74 Å². The molecule has 0 bridgehead atoms. The lowest BCUT2D eigenvalue weighted by molar-refractivity contribution is -0.137. The molecule has 1 fully saturated rings. The number of hydrogen-bond donors (Lipinski definition) is 1. The molecule has 182 valence electrons. The summed E-state index contributed by atoms with van der Waals surface area (Å²) in [6.45, 7) is 2.08. The molecule has 8 nitrogen and oxygen atoms in total. The molecule has 0 unspecified atom stereocenters. The number of nitrogens with one attached hydrogen (secondary N) is 1. The van der Waals surface area contributed by atoms with E-state index in [0.29, 0.717) is 37.8 Å². The Morgan fingerprint density at radius 3 is 2.69 bits per heavy atom. The van der Waals surface area contributed by atoms with Crippen LogP contribution in [0.5, 0.6) is 0 Å².